The van der Waals surface area contributed by atoms with E-state index in [4.69, 9.17) is 0 Å². The third-order valence-electron chi connectivity index (χ3n) is 4.13. The minimum absolute atomic E-state index is 0.00532. The number of aryl methyl sites for hydroxylation is 1. The van der Waals surface area contributed by atoms with Crippen LogP contribution in [0.2, 0.25) is 0 Å². The molecule has 0 aliphatic rings. The molecule has 1 N–H and O–H groups in total. The molecule has 1 aromatic heterocycles. The topological polar surface area (TPSA) is 68.5 Å². The molecule has 3 aromatic rings. The lowest BCUT2D eigenvalue weighted by molar-refractivity contribution is 0.0600. The van der Waals surface area contributed by atoms with Gasteiger partial charge in [-0.15, -0.1) is 0 Å². The van der Waals surface area contributed by atoms with Crippen molar-refractivity contribution >= 4 is 16.9 Å². The van der Waals surface area contributed by atoms with E-state index < -0.39 is 5.97 Å². The zero-order valence-electron chi connectivity index (χ0n) is 13.4. The SMILES string of the molecule is COC(=O)c1ccc(Cc2c(O)c3ccccc3n(C)c2=O)cc1. The van der Waals surface area contributed by atoms with Crippen LogP contribution in [-0.4, -0.2) is 22.8 Å². The van der Waals surface area contributed by atoms with E-state index in [1.165, 1.54) is 11.7 Å². The molecule has 0 saturated carbocycles. The summed E-state index contributed by atoms with van der Waals surface area (Å²) < 4.78 is 6.20. The second-order valence-electron chi connectivity index (χ2n) is 5.57. The number of para-hydroxylation sites is 1. The van der Waals surface area contributed by atoms with Crippen molar-refractivity contribution in [2.45, 2.75) is 6.42 Å². The first-order valence-corrected chi connectivity index (χ1v) is 7.49. The molecule has 0 bridgehead atoms. The van der Waals surface area contributed by atoms with Gasteiger partial charge in [-0.3, -0.25) is 4.79 Å². The zero-order valence-corrected chi connectivity index (χ0v) is 13.4. The number of carbonyl (C=O) groups excluding carboxylic acids is 1. The van der Waals surface area contributed by atoms with Crippen molar-refractivity contribution in [3.05, 3.63) is 75.6 Å². The molecule has 24 heavy (non-hydrogen) atoms. The summed E-state index contributed by atoms with van der Waals surface area (Å²) in [5, 5.41) is 11.1. The molecular formula is C19H17NO4. The Morgan fingerprint density at radius 3 is 2.46 bits per heavy atom. The van der Waals surface area contributed by atoms with Gasteiger partial charge in [0, 0.05) is 18.9 Å². The highest BCUT2D eigenvalue weighted by molar-refractivity contribution is 5.89. The molecule has 1 heterocycles. The monoisotopic (exact) mass is 323 g/mol. The average molecular weight is 323 g/mol. The number of fused-ring (bicyclic) bond motifs is 1. The van der Waals surface area contributed by atoms with Crippen molar-refractivity contribution in [2.75, 3.05) is 7.11 Å². The Morgan fingerprint density at radius 1 is 1.12 bits per heavy atom. The summed E-state index contributed by atoms with van der Waals surface area (Å²) in [6.45, 7) is 0. The van der Waals surface area contributed by atoms with E-state index in [0.29, 0.717) is 22.0 Å². The van der Waals surface area contributed by atoms with Crippen molar-refractivity contribution < 1.29 is 14.6 Å². The second-order valence-corrected chi connectivity index (χ2v) is 5.57. The van der Waals surface area contributed by atoms with Crippen LogP contribution in [0, 0.1) is 0 Å². The Labute approximate surface area is 138 Å². The highest BCUT2D eigenvalue weighted by Crippen LogP contribution is 2.27. The molecule has 0 radical (unpaired) electrons. The van der Waals surface area contributed by atoms with Gasteiger partial charge in [0.05, 0.1) is 23.8 Å². The second kappa shape index (κ2) is 6.20. The van der Waals surface area contributed by atoms with Crippen LogP contribution >= 0.6 is 0 Å². The summed E-state index contributed by atoms with van der Waals surface area (Å²) in [4.78, 5) is 24.0. The van der Waals surface area contributed by atoms with Gasteiger partial charge in [-0.1, -0.05) is 24.3 Å². The number of rotatable bonds is 3. The molecule has 122 valence electrons. The largest absolute Gasteiger partial charge is 0.507 e. The number of carbonyl (C=O) groups is 1. The predicted molar refractivity (Wildman–Crippen MR) is 91.4 cm³/mol. The van der Waals surface area contributed by atoms with E-state index in [9.17, 15) is 14.7 Å². The quantitative estimate of drug-likeness (QED) is 0.752. The van der Waals surface area contributed by atoms with Crippen molar-refractivity contribution in [2.24, 2.45) is 7.05 Å². The minimum atomic E-state index is -0.411. The normalized spacial score (nSPS) is 10.8. The van der Waals surface area contributed by atoms with Crippen LogP contribution in [0.25, 0.3) is 10.9 Å². The molecule has 5 nitrogen and oxygen atoms in total. The smallest absolute Gasteiger partial charge is 0.337 e. The Bertz CT molecular complexity index is 971. The van der Waals surface area contributed by atoms with Crippen LogP contribution in [0.5, 0.6) is 5.75 Å². The number of pyridine rings is 1. The number of aromatic hydroxyl groups is 1. The molecule has 3 rings (SSSR count). The highest BCUT2D eigenvalue weighted by atomic mass is 16.5. The summed E-state index contributed by atoms with van der Waals surface area (Å²) in [5.41, 5.74) is 2.05. The number of aromatic nitrogens is 1. The van der Waals surface area contributed by atoms with E-state index >= 15 is 0 Å². The lowest BCUT2D eigenvalue weighted by Crippen LogP contribution is -2.21. The maximum absolute atomic E-state index is 12.6. The highest BCUT2D eigenvalue weighted by Gasteiger charge is 2.15. The Kier molecular flexibility index (Phi) is 4.08. The number of ether oxygens (including phenoxy) is 1. The van der Waals surface area contributed by atoms with E-state index in [-0.39, 0.29) is 17.7 Å². The van der Waals surface area contributed by atoms with Crippen LogP contribution in [-0.2, 0) is 18.2 Å². The number of methoxy groups -OCH3 is 1. The number of hydrogen-bond donors (Lipinski definition) is 1. The van der Waals surface area contributed by atoms with Gasteiger partial charge < -0.3 is 14.4 Å². The molecule has 0 fully saturated rings. The fraction of sp³-hybridized carbons (Fsp3) is 0.158. The summed E-state index contributed by atoms with van der Waals surface area (Å²) in [7, 11) is 3.01. The van der Waals surface area contributed by atoms with Gasteiger partial charge in [0.2, 0.25) is 0 Å². The third-order valence-corrected chi connectivity index (χ3v) is 4.13. The standard InChI is InChI=1S/C19H17NO4/c1-20-16-6-4-3-5-14(16)17(21)15(18(20)22)11-12-7-9-13(10-8-12)19(23)24-2/h3-10,21H,11H2,1-2H3. The average Bonchev–Trinajstić information content (AvgIpc) is 2.63. The van der Waals surface area contributed by atoms with E-state index in [2.05, 4.69) is 4.74 Å². The number of hydrogen-bond acceptors (Lipinski definition) is 4. The Morgan fingerprint density at radius 2 is 1.79 bits per heavy atom. The molecule has 0 spiro atoms. The fourth-order valence-corrected chi connectivity index (χ4v) is 2.78. The number of esters is 1. The van der Waals surface area contributed by atoms with Gasteiger partial charge in [0.25, 0.3) is 5.56 Å². The minimum Gasteiger partial charge on any atom is -0.507 e. The lowest BCUT2D eigenvalue weighted by atomic mass is 10.0. The molecule has 0 saturated heterocycles. The summed E-state index contributed by atoms with van der Waals surface area (Å²) in [5.74, 6) is -0.406. The lowest BCUT2D eigenvalue weighted by Gasteiger charge is -2.12. The van der Waals surface area contributed by atoms with Crippen molar-refractivity contribution in [1.82, 2.24) is 4.57 Å². The van der Waals surface area contributed by atoms with E-state index in [1.54, 1.807) is 43.4 Å². The predicted octanol–water partition coefficient (Wildman–Crippen LogP) is 2.62. The van der Waals surface area contributed by atoms with Gasteiger partial charge in [-0.2, -0.15) is 0 Å². The van der Waals surface area contributed by atoms with Crippen LogP contribution in [0.1, 0.15) is 21.5 Å². The van der Waals surface area contributed by atoms with Crippen LogP contribution in [0.3, 0.4) is 0 Å². The van der Waals surface area contributed by atoms with E-state index in [1.807, 2.05) is 12.1 Å². The summed E-state index contributed by atoms with van der Waals surface area (Å²) >= 11 is 0. The molecule has 0 atom stereocenters. The van der Waals surface area contributed by atoms with Gasteiger partial charge in [-0.25, -0.2) is 4.79 Å². The first-order valence-electron chi connectivity index (χ1n) is 7.49. The van der Waals surface area contributed by atoms with Crippen LogP contribution < -0.4 is 5.56 Å². The molecular weight excluding hydrogens is 306 g/mol. The van der Waals surface area contributed by atoms with Gasteiger partial charge in [-0.05, 0) is 29.8 Å². The molecule has 0 aliphatic heterocycles. The molecule has 2 aromatic carbocycles. The Hall–Kier alpha value is -3.08. The first kappa shape index (κ1) is 15.8. The first-order chi connectivity index (χ1) is 11.5. The third kappa shape index (κ3) is 2.65. The van der Waals surface area contributed by atoms with Crippen molar-refractivity contribution in [3.63, 3.8) is 0 Å². The maximum atomic E-state index is 12.6. The molecule has 0 amide bonds. The van der Waals surface area contributed by atoms with Crippen molar-refractivity contribution in [1.29, 1.82) is 0 Å². The Balaban J connectivity index is 2.04. The molecule has 0 unspecified atom stereocenters. The van der Waals surface area contributed by atoms with Gasteiger partial charge >= 0.3 is 5.97 Å². The molecule has 5 heteroatoms. The summed E-state index contributed by atoms with van der Waals surface area (Å²) in [6.07, 6.45) is 0.283. The maximum Gasteiger partial charge on any atom is 0.337 e. The van der Waals surface area contributed by atoms with Gasteiger partial charge in [0.1, 0.15) is 5.75 Å². The van der Waals surface area contributed by atoms with Crippen molar-refractivity contribution in [3.8, 4) is 5.75 Å². The molecule has 0 aliphatic carbocycles. The van der Waals surface area contributed by atoms with Crippen LogP contribution in [0.4, 0.5) is 0 Å². The van der Waals surface area contributed by atoms with Crippen LogP contribution in [0.15, 0.2) is 53.3 Å². The zero-order chi connectivity index (χ0) is 17.3. The van der Waals surface area contributed by atoms with Gasteiger partial charge in [0.15, 0.2) is 0 Å². The fourth-order valence-electron chi connectivity index (χ4n) is 2.78. The number of benzene rings is 2. The number of nitrogens with zero attached hydrogens (tertiary/aromatic N) is 1. The van der Waals surface area contributed by atoms with E-state index in [0.717, 1.165) is 5.56 Å². The summed E-state index contributed by atoms with van der Waals surface area (Å²) in [6, 6.07) is 14.0.